The van der Waals surface area contributed by atoms with E-state index in [0.29, 0.717) is 35.0 Å². The Kier molecular flexibility index (Phi) is 6.97. The van der Waals surface area contributed by atoms with Crippen LogP contribution in [0.1, 0.15) is 54.0 Å². The molecule has 1 aromatic carbocycles. The number of likely N-dealkylation sites (tertiary alicyclic amines) is 1. The van der Waals surface area contributed by atoms with Gasteiger partial charge in [-0.3, -0.25) is 14.4 Å². The van der Waals surface area contributed by atoms with Gasteiger partial charge in [0.1, 0.15) is 18.3 Å². The number of halogens is 4. The second-order valence-electron chi connectivity index (χ2n) is 12.8. The summed E-state index contributed by atoms with van der Waals surface area (Å²) in [5.74, 6) is -1.61. The number of rotatable bonds is 6. The van der Waals surface area contributed by atoms with Crippen molar-refractivity contribution in [2.45, 2.75) is 65.3 Å². The van der Waals surface area contributed by atoms with Crippen molar-refractivity contribution >= 4 is 51.6 Å². The molecule has 5 heterocycles. The second-order valence-corrected chi connectivity index (χ2v) is 13.2. The smallest absolute Gasteiger partial charge is 0.337 e. The van der Waals surface area contributed by atoms with Crippen LogP contribution in [0.2, 0.25) is 5.02 Å². The number of hydrogen-bond donors (Lipinski definition) is 1. The Labute approximate surface area is 271 Å². The van der Waals surface area contributed by atoms with Gasteiger partial charge in [0, 0.05) is 47.2 Å². The zero-order valence-electron chi connectivity index (χ0n) is 25.8. The lowest BCUT2D eigenvalue weighted by Gasteiger charge is -2.27. The third kappa shape index (κ3) is 5.32. The average molecular weight is 664 g/mol. The molecular weight excluding hydrogens is 635 g/mol. The minimum absolute atomic E-state index is 0.150. The summed E-state index contributed by atoms with van der Waals surface area (Å²) in [7, 11) is 0. The van der Waals surface area contributed by atoms with Gasteiger partial charge in [0.2, 0.25) is 11.8 Å². The average Bonchev–Trinajstić information content (AvgIpc) is 3.26. The molecule has 2 amide bonds. The van der Waals surface area contributed by atoms with Crippen molar-refractivity contribution < 1.29 is 27.6 Å². The lowest BCUT2D eigenvalue weighted by molar-refractivity contribution is -0.141. The highest BCUT2D eigenvalue weighted by Crippen LogP contribution is 2.59. The Hall–Kier alpha value is -4.78. The first-order chi connectivity index (χ1) is 22.1. The molecule has 0 spiro atoms. The highest BCUT2D eigenvalue weighted by atomic mass is 35.5. The molecule has 0 bridgehead atoms. The lowest BCUT2D eigenvalue weighted by atomic mass is 10.0. The van der Waals surface area contributed by atoms with Gasteiger partial charge in [0.25, 0.3) is 0 Å². The van der Waals surface area contributed by atoms with E-state index in [0.717, 1.165) is 34.5 Å². The Morgan fingerprint density at radius 2 is 1.85 bits per heavy atom. The molecule has 3 atom stereocenters. The van der Waals surface area contributed by atoms with Gasteiger partial charge in [0.05, 0.1) is 16.2 Å². The number of alkyl halides is 3. The van der Waals surface area contributed by atoms with Crippen LogP contribution in [0, 0.1) is 19.3 Å². The zero-order chi connectivity index (χ0) is 33.6. The molecule has 1 N–H and O–H groups in total. The van der Waals surface area contributed by atoms with Crippen molar-refractivity contribution in [2.24, 2.45) is 5.41 Å². The number of fused-ring (bicyclic) bond motifs is 3. The molecule has 1 aliphatic heterocycles. The van der Waals surface area contributed by atoms with Crippen LogP contribution in [0.15, 0.2) is 48.9 Å². The van der Waals surface area contributed by atoms with Crippen molar-refractivity contribution in [3.63, 3.8) is 0 Å². The molecule has 0 radical (unpaired) electrons. The summed E-state index contributed by atoms with van der Waals surface area (Å²) in [6, 6.07) is 6.35. The van der Waals surface area contributed by atoms with Crippen molar-refractivity contribution in [1.29, 1.82) is 0 Å². The van der Waals surface area contributed by atoms with Gasteiger partial charge in [-0.2, -0.15) is 18.3 Å². The van der Waals surface area contributed by atoms with Gasteiger partial charge >= 0.3 is 6.18 Å². The number of Topliss-reactive ketones (excluding diaryl/α,β-unsaturated/α-hetero) is 1. The van der Waals surface area contributed by atoms with E-state index in [2.05, 4.69) is 20.4 Å². The molecule has 1 unspecified atom stereocenters. The van der Waals surface area contributed by atoms with E-state index in [1.807, 2.05) is 45.2 Å². The predicted octanol–water partition coefficient (Wildman–Crippen LogP) is 6.26. The van der Waals surface area contributed by atoms with Crippen LogP contribution in [0.3, 0.4) is 0 Å². The first-order valence-electron chi connectivity index (χ1n) is 15.0. The molecule has 7 rings (SSSR count). The quantitative estimate of drug-likeness (QED) is 0.215. The number of nitrogens with one attached hydrogen (secondary N) is 1. The number of carbonyl (C=O) groups is 3. The molecule has 1 aliphatic carbocycles. The van der Waals surface area contributed by atoms with Crippen LogP contribution in [0.4, 0.5) is 19.0 Å². The first kappa shape index (κ1) is 30.9. The molecule has 14 heteroatoms. The van der Waals surface area contributed by atoms with Gasteiger partial charge in [-0.05, 0) is 74.4 Å². The molecule has 5 aromatic rings. The van der Waals surface area contributed by atoms with E-state index in [1.165, 1.54) is 11.8 Å². The van der Waals surface area contributed by atoms with E-state index >= 15 is 0 Å². The predicted molar refractivity (Wildman–Crippen MR) is 168 cm³/mol. The Morgan fingerprint density at radius 3 is 2.57 bits per heavy atom. The number of anilines is 1. The summed E-state index contributed by atoms with van der Waals surface area (Å²) in [4.78, 5) is 49.8. The van der Waals surface area contributed by atoms with E-state index in [-0.39, 0.29) is 34.7 Å². The fourth-order valence-corrected chi connectivity index (χ4v) is 7.00. The highest BCUT2D eigenvalue weighted by Gasteiger charge is 2.64. The van der Waals surface area contributed by atoms with E-state index in [1.54, 1.807) is 21.5 Å². The Balaban J connectivity index is 1.19. The zero-order valence-corrected chi connectivity index (χ0v) is 26.6. The molecule has 1 saturated heterocycles. The van der Waals surface area contributed by atoms with Crippen LogP contribution in [-0.2, 0) is 22.3 Å². The molecule has 1 saturated carbocycles. The molecule has 2 aliphatic rings. The van der Waals surface area contributed by atoms with Crippen LogP contribution in [0.5, 0.6) is 0 Å². The number of nitrogens with zero attached hydrogens (tertiary/aromatic N) is 6. The monoisotopic (exact) mass is 663 g/mol. The van der Waals surface area contributed by atoms with Crippen molar-refractivity contribution in [2.75, 3.05) is 5.32 Å². The lowest BCUT2D eigenvalue weighted by Crippen LogP contribution is -2.46. The summed E-state index contributed by atoms with van der Waals surface area (Å²) in [5, 5.41) is 7.40. The maximum atomic E-state index is 14.0. The standard InChI is InChI=1S/C33H29ClF3N7O3/c1-16-7-19(20-12-38-27-8-17(2)41-43(27)13-20)9-21-22(18(3)45)14-42(29(16)21)15-28(46)44-24(10-32(4)11-26(32)44)31(47)40-30-23(34)5-6-25(39-30)33(35,36)37/h5-9,12-14,24,26H,10-11,15H2,1-4H3,(H,39,40,47)/t24-,26?,32-/m0/s1. The van der Waals surface area contributed by atoms with E-state index < -0.39 is 29.6 Å². The number of aromatic nitrogens is 5. The van der Waals surface area contributed by atoms with Crippen molar-refractivity contribution in [1.82, 2.24) is 29.0 Å². The number of piperidine rings is 1. The number of ketones is 1. The fourth-order valence-electron chi connectivity index (χ4n) is 6.85. The fraction of sp³-hybridized carbons (Fsp3) is 0.333. The summed E-state index contributed by atoms with van der Waals surface area (Å²) < 4.78 is 43.3. The minimum Gasteiger partial charge on any atom is -0.337 e. The minimum atomic E-state index is -4.73. The summed E-state index contributed by atoms with van der Waals surface area (Å²) in [5.41, 5.74) is 3.67. The summed E-state index contributed by atoms with van der Waals surface area (Å²) in [6.07, 6.45) is 1.59. The maximum Gasteiger partial charge on any atom is 0.433 e. The molecule has 2 fully saturated rings. The molecule has 242 valence electrons. The SMILES string of the molecule is CC(=O)c1cn(CC(=O)N2C3C[C@]3(C)C[C@H]2C(=O)Nc2nc(C(F)(F)F)ccc2Cl)c2c(C)cc(-c3cnc4cc(C)nn4c3)cc12. The largest absolute Gasteiger partial charge is 0.433 e. The Morgan fingerprint density at radius 1 is 1.09 bits per heavy atom. The molecular formula is C33H29ClF3N7O3. The van der Waals surface area contributed by atoms with Gasteiger partial charge in [-0.25, -0.2) is 14.5 Å². The van der Waals surface area contributed by atoms with Gasteiger partial charge in [-0.1, -0.05) is 18.5 Å². The van der Waals surface area contributed by atoms with Crippen molar-refractivity contribution in [3.8, 4) is 11.1 Å². The number of benzene rings is 1. The molecule has 4 aromatic heterocycles. The number of pyridine rings is 1. The number of aryl methyl sites for hydroxylation is 2. The van der Waals surface area contributed by atoms with Crippen LogP contribution in [-0.4, -0.2) is 58.7 Å². The highest BCUT2D eigenvalue weighted by molar-refractivity contribution is 6.33. The van der Waals surface area contributed by atoms with Crippen molar-refractivity contribution in [3.05, 3.63) is 76.5 Å². The number of carbonyl (C=O) groups excluding carboxylic acids is 3. The number of amides is 2. The third-order valence-electron chi connectivity index (χ3n) is 9.22. The first-order valence-corrected chi connectivity index (χ1v) is 15.3. The summed E-state index contributed by atoms with van der Waals surface area (Å²) in [6.45, 7) is 7.07. The van der Waals surface area contributed by atoms with E-state index in [4.69, 9.17) is 11.6 Å². The second kappa shape index (κ2) is 10.6. The summed E-state index contributed by atoms with van der Waals surface area (Å²) >= 11 is 6.08. The molecule has 10 nitrogen and oxygen atoms in total. The van der Waals surface area contributed by atoms with Crippen LogP contribution < -0.4 is 5.32 Å². The van der Waals surface area contributed by atoms with Crippen LogP contribution >= 0.6 is 11.6 Å². The van der Waals surface area contributed by atoms with Gasteiger partial charge in [0.15, 0.2) is 17.2 Å². The topological polar surface area (TPSA) is 114 Å². The maximum absolute atomic E-state index is 14.0. The van der Waals surface area contributed by atoms with Gasteiger partial charge < -0.3 is 14.8 Å². The normalized spacial score (nSPS) is 20.6. The molecule has 47 heavy (non-hydrogen) atoms. The van der Waals surface area contributed by atoms with Crippen LogP contribution in [0.25, 0.3) is 27.7 Å². The Bertz CT molecular complexity index is 2160. The number of hydrogen-bond acceptors (Lipinski definition) is 6. The third-order valence-corrected chi connectivity index (χ3v) is 9.53. The van der Waals surface area contributed by atoms with Gasteiger partial charge in [-0.15, -0.1) is 0 Å². The van der Waals surface area contributed by atoms with E-state index in [9.17, 15) is 27.6 Å².